The van der Waals surface area contributed by atoms with Gasteiger partial charge < -0.3 is 9.47 Å². The van der Waals surface area contributed by atoms with Crippen molar-refractivity contribution in [2.75, 3.05) is 20.3 Å². The fraction of sp³-hybridized carbons (Fsp3) is 0.455. The molecular formula is C11H12F3NO3S. The number of rotatable bonds is 5. The van der Waals surface area contributed by atoms with Crippen LogP contribution in [-0.4, -0.2) is 31.3 Å². The molecule has 19 heavy (non-hydrogen) atoms. The van der Waals surface area contributed by atoms with Crippen LogP contribution in [0.4, 0.5) is 13.2 Å². The quantitative estimate of drug-likeness (QED) is 0.784. The molecule has 1 heterocycles. The first-order valence-corrected chi connectivity index (χ1v) is 6.12. The minimum Gasteiger partial charge on any atom is -0.461 e. The summed E-state index contributed by atoms with van der Waals surface area (Å²) < 4.78 is 47.1. The number of halogens is 3. The predicted molar refractivity (Wildman–Crippen MR) is 64.0 cm³/mol. The first kappa shape index (κ1) is 15.6. The number of methoxy groups -OCH3 is 1. The Bertz CT molecular complexity index is 468. The molecule has 0 aliphatic heterocycles. The van der Waals surface area contributed by atoms with Gasteiger partial charge in [0.1, 0.15) is 0 Å². The summed E-state index contributed by atoms with van der Waals surface area (Å²) in [5, 5.41) is -1.08. The Kier molecular flexibility index (Phi) is 5.49. The van der Waals surface area contributed by atoms with Crippen molar-refractivity contribution in [2.24, 2.45) is 0 Å². The van der Waals surface area contributed by atoms with Gasteiger partial charge in [0.25, 0.3) is 0 Å². The van der Waals surface area contributed by atoms with E-state index in [0.29, 0.717) is 11.3 Å². The lowest BCUT2D eigenvalue weighted by Gasteiger charge is -1.99. The van der Waals surface area contributed by atoms with Crippen LogP contribution in [0.2, 0.25) is 0 Å². The molecule has 0 unspecified atom stereocenters. The third kappa shape index (κ3) is 4.32. The van der Waals surface area contributed by atoms with E-state index in [1.54, 1.807) is 6.92 Å². The Labute approximate surface area is 111 Å². The van der Waals surface area contributed by atoms with Gasteiger partial charge in [-0.05, 0) is 13.0 Å². The maximum atomic E-state index is 12.6. The molecule has 0 aromatic carbocycles. The van der Waals surface area contributed by atoms with Crippen LogP contribution in [0.25, 0.3) is 6.08 Å². The van der Waals surface area contributed by atoms with E-state index >= 15 is 0 Å². The number of nitrogens with zero attached hydrogens (tertiary/aromatic N) is 1. The van der Waals surface area contributed by atoms with Crippen LogP contribution in [-0.2, 0) is 15.7 Å². The molecule has 0 saturated carbocycles. The Morgan fingerprint density at radius 1 is 1.47 bits per heavy atom. The first-order chi connectivity index (χ1) is 8.90. The Hall–Kier alpha value is -1.41. The minimum absolute atomic E-state index is 0.0684. The van der Waals surface area contributed by atoms with Crippen LogP contribution in [0.15, 0.2) is 6.08 Å². The van der Waals surface area contributed by atoms with E-state index in [2.05, 4.69) is 9.72 Å². The fourth-order valence-corrected chi connectivity index (χ4v) is 2.01. The smallest absolute Gasteiger partial charge is 0.443 e. The van der Waals surface area contributed by atoms with Gasteiger partial charge in [0, 0.05) is 7.11 Å². The van der Waals surface area contributed by atoms with Gasteiger partial charge in [-0.1, -0.05) is 6.08 Å². The molecule has 0 bridgehead atoms. The van der Waals surface area contributed by atoms with Crippen LogP contribution in [0, 0.1) is 0 Å². The second-order valence-corrected chi connectivity index (χ2v) is 4.34. The minimum atomic E-state index is -4.58. The molecule has 4 nitrogen and oxygen atoms in total. The SMILES string of the molecule is CCOC(=O)c1nc(C(F)(F)F)sc1/C=C/COC. The van der Waals surface area contributed by atoms with Crippen molar-refractivity contribution in [2.45, 2.75) is 13.1 Å². The van der Waals surface area contributed by atoms with E-state index in [0.717, 1.165) is 0 Å². The summed E-state index contributed by atoms with van der Waals surface area (Å²) in [4.78, 5) is 14.9. The van der Waals surface area contributed by atoms with Gasteiger partial charge in [-0.15, -0.1) is 11.3 Å². The molecule has 0 spiro atoms. The van der Waals surface area contributed by atoms with Crippen molar-refractivity contribution in [1.82, 2.24) is 4.98 Å². The van der Waals surface area contributed by atoms with Gasteiger partial charge in [-0.3, -0.25) is 0 Å². The first-order valence-electron chi connectivity index (χ1n) is 5.30. The van der Waals surface area contributed by atoms with Crippen molar-refractivity contribution in [3.05, 3.63) is 21.7 Å². The highest BCUT2D eigenvalue weighted by Gasteiger charge is 2.37. The molecule has 1 aromatic rings. The zero-order chi connectivity index (χ0) is 14.5. The summed E-state index contributed by atoms with van der Waals surface area (Å²) >= 11 is 0.392. The van der Waals surface area contributed by atoms with Crippen molar-refractivity contribution in [3.63, 3.8) is 0 Å². The summed E-state index contributed by atoms with van der Waals surface area (Å²) in [7, 11) is 1.45. The number of hydrogen-bond acceptors (Lipinski definition) is 5. The molecule has 0 saturated heterocycles. The highest BCUT2D eigenvalue weighted by molar-refractivity contribution is 7.13. The lowest BCUT2D eigenvalue weighted by molar-refractivity contribution is -0.137. The highest BCUT2D eigenvalue weighted by Crippen LogP contribution is 2.35. The lowest BCUT2D eigenvalue weighted by Crippen LogP contribution is -2.09. The molecule has 8 heteroatoms. The fourth-order valence-electron chi connectivity index (χ4n) is 1.16. The van der Waals surface area contributed by atoms with Gasteiger partial charge in [0.2, 0.25) is 0 Å². The van der Waals surface area contributed by atoms with Crippen LogP contribution >= 0.6 is 11.3 Å². The zero-order valence-corrected chi connectivity index (χ0v) is 11.1. The number of aromatic nitrogens is 1. The summed E-state index contributed by atoms with van der Waals surface area (Å²) in [6.07, 6.45) is -1.72. The molecule has 106 valence electrons. The third-order valence-corrected chi connectivity index (χ3v) is 2.96. The largest absolute Gasteiger partial charge is 0.461 e. The van der Waals surface area contributed by atoms with Crippen molar-refractivity contribution >= 4 is 23.4 Å². The zero-order valence-electron chi connectivity index (χ0n) is 10.3. The normalized spacial score (nSPS) is 12.1. The lowest BCUT2D eigenvalue weighted by atomic mass is 10.3. The average Bonchev–Trinajstić information content (AvgIpc) is 2.74. The second kappa shape index (κ2) is 6.67. The molecule has 1 aromatic heterocycles. The van der Waals surface area contributed by atoms with Crippen LogP contribution in [0.3, 0.4) is 0 Å². The van der Waals surface area contributed by atoms with E-state index in [1.807, 2.05) is 0 Å². The standard InChI is InChI=1S/C11H12F3NO3S/c1-3-18-9(16)8-7(5-4-6-17-2)19-10(15-8)11(12,13)14/h4-5H,3,6H2,1-2H3/b5-4+. The van der Waals surface area contributed by atoms with Crippen LogP contribution < -0.4 is 0 Å². The van der Waals surface area contributed by atoms with Gasteiger partial charge in [0.05, 0.1) is 18.1 Å². The second-order valence-electron chi connectivity index (χ2n) is 3.31. The van der Waals surface area contributed by atoms with Gasteiger partial charge in [-0.2, -0.15) is 13.2 Å². The Balaban J connectivity index is 3.11. The Morgan fingerprint density at radius 3 is 2.68 bits per heavy atom. The third-order valence-electron chi connectivity index (χ3n) is 1.90. The van der Waals surface area contributed by atoms with E-state index in [1.165, 1.54) is 19.3 Å². The summed E-state index contributed by atoms with van der Waals surface area (Å²) in [5.74, 6) is -0.869. The van der Waals surface area contributed by atoms with Crippen molar-refractivity contribution < 1.29 is 27.4 Å². The van der Waals surface area contributed by atoms with E-state index in [-0.39, 0.29) is 23.8 Å². The predicted octanol–water partition coefficient (Wildman–Crippen LogP) is 3.00. The monoisotopic (exact) mass is 295 g/mol. The number of thiazole rings is 1. The van der Waals surface area contributed by atoms with Crippen molar-refractivity contribution in [3.8, 4) is 0 Å². The number of ether oxygens (including phenoxy) is 2. The maximum absolute atomic E-state index is 12.6. The number of alkyl halides is 3. The highest BCUT2D eigenvalue weighted by atomic mass is 32.1. The average molecular weight is 295 g/mol. The van der Waals surface area contributed by atoms with Gasteiger partial charge in [-0.25, -0.2) is 9.78 Å². The molecule has 0 amide bonds. The van der Waals surface area contributed by atoms with Crippen LogP contribution in [0.1, 0.15) is 27.3 Å². The molecule has 0 N–H and O–H groups in total. The molecular weight excluding hydrogens is 283 g/mol. The molecule has 0 aliphatic carbocycles. The topological polar surface area (TPSA) is 48.4 Å². The molecule has 0 aliphatic rings. The van der Waals surface area contributed by atoms with E-state index in [9.17, 15) is 18.0 Å². The van der Waals surface area contributed by atoms with Crippen LogP contribution in [0.5, 0.6) is 0 Å². The van der Waals surface area contributed by atoms with Gasteiger partial charge >= 0.3 is 12.1 Å². The molecule has 0 fully saturated rings. The molecule has 0 radical (unpaired) electrons. The molecule has 0 atom stereocenters. The van der Waals surface area contributed by atoms with Gasteiger partial charge in [0.15, 0.2) is 10.7 Å². The number of carbonyl (C=O) groups excluding carboxylic acids is 1. The Morgan fingerprint density at radius 2 is 2.16 bits per heavy atom. The molecule has 1 rings (SSSR count). The maximum Gasteiger partial charge on any atom is 0.443 e. The van der Waals surface area contributed by atoms with E-state index in [4.69, 9.17) is 4.74 Å². The summed E-state index contributed by atoms with van der Waals surface area (Å²) in [6.45, 7) is 1.86. The summed E-state index contributed by atoms with van der Waals surface area (Å²) in [6, 6.07) is 0. The number of carbonyl (C=O) groups is 1. The number of hydrogen-bond donors (Lipinski definition) is 0. The summed E-state index contributed by atoms with van der Waals surface area (Å²) in [5.41, 5.74) is -0.327. The van der Waals surface area contributed by atoms with E-state index < -0.39 is 17.2 Å². The number of esters is 1. The van der Waals surface area contributed by atoms with Crippen molar-refractivity contribution in [1.29, 1.82) is 0 Å².